The molecule has 0 unspecified atom stereocenters. The lowest BCUT2D eigenvalue weighted by molar-refractivity contribution is 0.206. The minimum atomic E-state index is 0. The highest BCUT2D eigenvalue weighted by atomic mass is 35.5. The second-order valence-electron chi connectivity index (χ2n) is 4.90. The second-order valence-corrected chi connectivity index (χ2v) is 4.90. The monoisotopic (exact) mass is 242 g/mol. The van der Waals surface area contributed by atoms with Crippen LogP contribution >= 0.6 is 24.8 Å². The summed E-state index contributed by atoms with van der Waals surface area (Å²) in [6.45, 7) is 13.0. The summed E-state index contributed by atoms with van der Waals surface area (Å²) < 4.78 is 0. The maximum atomic E-state index is 3.37. The fourth-order valence-electron chi connectivity index (χ4n) is 1.43. The molecule has 2 nitrogen and oxygen atoms in total. The number of rotatable bonds is 2. The standard InChI is InChI=1S/C10H22N2.2ClH/c1-10(2,3)4-7-12-8-5-11-6-9-12;;/h11H,4-9H2,1-3H3;2*1H. The van der Waals surface area contributed by atoms with Crippen LogP contribution < -0.4 is 5.32 Å². The highest BCUT2D eigenvalue weighted by Gasteiger charge is 2.14. The van der Waals surface area contributed by atoms with Gasteiger partial charge in [-0.3, -0.25) is 0 Å². The van der Waals surface area contributed by atoms with Crippen LogP contribution in [0.5, 0.6) is 0 Å². The van der Waals surface area contributed by atoms with Gasteiger partial charge in [-0.15, -0.1) is 24.8 Å². The molecule has 0 bridgehead atoms. The van der Waals surface area contributed by atoms with E-state index in [4.69, 9.17) is 0 Å². The van der Waals surface area contributed by atoms with E-state index in [0.29, 0.717) is 5.41 Å². The molecular formula is C10H24Cl2N2. The lowest BCUT2D eigenvalue weighted by Crippen LogP contribution is -2.44. The second kappa shape index (κ2) is 7.75. The first-order chi connectivity index (χ1) is 5.58. The lowest BCUT2D eigenvalue weighted by Gasteiger charge is -2.30. The maximum Gasteiger partial charge on any atom is 0.0107 e. The Morgan fingerprint density at radius 1 is 1.07 bits per heavy atom. The van der Waals surface area contributed by atoms with Crippen LogP contribution in [0.15, 0.2) is 0 Å². The molecule has 0 spiro atoms. The molecule has 0 amide bonds. The molecule has 0 aromatic rings. The predicted molar refractivity (Wildman–Crippen MR) is 67.9 cm³/mol. The molecule has 0 atom stereocenters. The van der Waals surface area contributed by atoms with Crippen molar-refractivity contribution >= 4 is 24.8 Å². The third-order valence-corrected chi connectivity index (χ3v) is 2.39. The minimum absolute atomic E-state index is 0. The van der Waals surface area contributed by atoms with Crippen LogP contribution in [0.25, 0.3) is 0 Å². The SMILES string of the molecule is CC(C)(C)CCN1CCNCC1.Cl.Cl. The molecule has 1 aliphatic heterocycles. The van der Waals surface area contributed by atoms with Crippen molar-refractivity contribution in [1.29, 1.82) is 0 Å². The number of hydrogen-bond acceptors (Lipinski definition) is 2. The van der Waals surface area contributed by atoms with Crippen molar-refractivity contribution in [1.82, 2.24) is 10.2 Å². The van der Waals surface area contributed by atoms with Crippen LogP contribution in [-0.2, 0) is 0 Å². The van der Waals surface area contributed by atoms with E-state index in [-0.39, 0.29) is 24.8 Å². The molecule has 0 aromatic heterocycles. The van der Waals surface area contributed by atoms with Gasteiger partial charge in [-0.1, -0.05) is 20.8 Å². The summed E-state index contributed by atoms with van der Waals surface area (Å²) in [4.78, 5) is 2.56. The predicted octanol–water partition coefficient (Wildman–Crippen LogP) is 2.17. The fraction of sp³-hybridized carbons (Fsp3) is 1.00. The Morgan fingerprint density at radius 2 is 1.57 bits per heavy atom. The van der Waals surface area contributed by atoms with Crippen molar-refractivity contribution in [3.05, 3.63) is 0 Å². The first kappa shape index (κ1) is 16.9. The molecule has 14 heavy (non-hydrogen) atoms. The van der Waals surface area contributed by atoms with Gasteiger partial charge in [0.2, 0.25) is 0 Å². The van der Waals surface area contributed by atoms with Gasteiger partial charge in [-0.25, -0.2) is 0 Å². The zero-order valence-electron chi connectivity index (χ0n) is 9.51. The van der Waals surface area contributed by atoms with Gasteiger partial charge in [0, 0.05) is 26.2 Å². The van der Waals surface area contributed by atoms with Gasteiger partial charge in [0.1, 0.15) is 0 Å². The topological polar surface area (TPSA) is 15.3 Å². The molecule has 0 aliphatic carbocycles. The van der Waals surface area contributed by atoms with Crippen LogP contribution in [-0.4, -0.2) is 37.6 Å². The van der Waals surface area contributed by atoms with Gasteiger partial charge in [0.05, 0.1) is 0 Å². The van der Waals surface area contributed by atoms with Gasteiger partial charge >= 0.3 is 0 Å². The van der Waals surface area contributed by atoms with Gasteiger partial charge in [-0.2, -0.15) is 0 Å². The van der Waals surface area contributed by atoms with E-state index in [1.165, 1.54) is 39.1 Å². The van der Waals surface area contributed by atoms with E-state index in [1.54, 1.807) is 0 Å². The number of halogens is 2. The van der Waals surface area contributed by atoms with Gasteiger partial charge in [0.15, 0.2) is 0 Å². The van der Waals surface area contributed by atoms with E-state index in [0.717, 1.165) is 0 Å². The van der Waals surface area contributed by atoms with Crippen LogP contribution in [0, 0.1) is 5.41 Å². The molecule has 1 heterocycles. The van der Waals surface area contributed by atoms with Crippen molar-refractivity contribution in [2.45, 2.75) is 27.2 Å². The first-order valence-corrected chi connectivity index (χ1v) is 5.01. The van der Waals surface area contributed by atoms with E-state index in [2.05, 4.69) is 31.0 Å². The molecule has 0 aromatic carbocycles. The molecule has 0 saturated carbocycles. The molecule has 88 valence electrons. The molecule has 4 heteroatoms. The summed E-state index contributed by atoms with van der Waals surface area (Å²) in [5, 5.41) is 3.37. The Morgan fingerprint density at radius 3 is 2.00 bits per heavy atom. The van der Waals surface area contributed by atoms with E-state index in [9.17, 15) is 0 Å². The molecule has 1 aliphatic rings. The van der Waals surface area contributed by atoms with Crippen LogP contribution in [0.4, 0.5) is 0 Å². The lowest BCUT2D eigenvalue weighted by atomic mass is 9.92. The Balaban J connectivity index is 0. The summed E-state index contributed by atoms with van der Waals surface area (Å²) in [6.07, 6.45) is 1.31. The van der Waals surface area contributed by atoms with Crippen molar-refractivity contribution < 1.29 is 0 Å². The van der Waals surface area contributed by atoms with Crippen LogP contribution in [0.1, 0.15) is 27.2 Å². The molecule has 1 saturated heterocycles. The van der Waals surface area contributed by atoms with Crippen LogP contribution in [0.3, 0.4) is 0 Å². The Hall–Kier alpha value is 0.500. The first-order valence-electron chi connectivity index (χ1n) is 5.01. The summed E-state index contributed by atoms with van der Waals surface area (Å²) >= 11 is 0. The van der Waals surface area contributed by atoms with Gasteiger partial charge < -0.3 is 10.2 Å². The fourth-order valence-corrected chi connectivity index (χ4v) is 1.43. The van der Waals surface area contributed by atoms with E-state index in [1.807, 2.05) is 0 Å². The summed E-state index contributed by atoms with van der Waals surface area (Å²) in [5.74, 6) is 0. The maximum absolute atomic E-state index is 3.37. The Kier molecular flexibility index (Phi) is 9.36. The highest BCUT2D eigenvalue weighted by Crippen LogP contribution is 2.18. The number of nitrogens with one attached hydrogen (secondary N) is 1. The zero-order chi connectivity index (χ0) is 9.03. The smallest absolute Gasteiger partial charge is 0.0107 e. The Labute approximate surface area is 101 Å². The Bertz CT molecular complexity index is 129. The summed E-state index contributed by atoms with van der Waals surface area (Å²) in [6, 6.07) is 0. The quantitative estimate of drug-likeness (QED) is 0.799. The largest absolute Gasteiger partial charge is 0.314 e. The molecule has 1 rings (SSSR count). The van der Waals surface area contributed by atoms with Gasteiger partial charge in [0.25, 0.3) is 0 Å². The highest BCUT2D eigenvalue weighted by molar-refractivity contribution is 5.85. The van der Waals surface area contributed by atoms with Crippen molar-refractivity contribution in [2.24, 2.45) is 5.41 Å². The average molecular weight is 243 g/mol. The summed E-state index contributed by atoms with van der Waals surface area (Å²) in [7, 11) is 0. The number of hydrogen-bond donors (Lipinski definition) is 1. The van der Waals surface area contributed by atoms with Crippen molar-refractivity contribution in [3.63, 3.8) is 0 Å². The normalized spacial score (nSPS) is 18.2. The minimum Gasteiger partial charge on any atom is -0.314 e. The zero-order valence-corrected chi connectivity index (χ0v) is 11.1. The molecular weight excluding hydrogens is 219 g/mol. The van der Waals surface area contributed by atoms with E-state index < -0.39 is 0 Å². The number of piperazine rings is 1. The molecule has 1 fully saturated rings. The number of nitrogens with zero attached hydrogens (tertiary/aromatic N) is 1. The third-order valence-electron chi connectivity index (χ3n) is 2.39. The van der Waals surface area contributed by atoms with E-state index >= 15 is 0 Å². The summed E-state index contributed by atoms with van der Waals surface area (Å²) in [5.41, 5.74) is 0.491. The molecule has 0 radical (unpaired) electrons. The van der Waals surface area contributed by atoms with Gasteiger partial charge in [-0.05, 0) is 18.4 Å². The molecule has 1 N–H and O–H groups in total. The third kappa shape index (κ3) is 7.86. The van der Waals surface area contributed by atoms with Crippen molar-refractivity contribution in [3.8, 4) is 0 Å². The van der Waals surface area contributed by atoms with Crippen LogP contribution in [0.2, 0.25) is 0 Å². The average Bonchev–Trinajstić information content (AvgIpc) is 2.02. The van der Waals surface area contributed by atoms with Crippen molar-refractivity contribution in [2.75, 3.05) is 32.7 Å².